The summed E-state index contributed by atoms with van der Waals surface area (Å²) >= 11 is 0. The maximum Gasteiger partial charge on any atom is 0.296 e. The Balaban J connectivity index is 1.40. The van der Waals surface area contributed by atoms with E-state index in [0.717, 1.165) is 30.3 Å². The maximum absolute atomic E-state index is 12.5. The summed E-state index contributed by atoms with van der Waals surface area (Å²) in [7, 11) is -14.8. The van der Waals surface area contributed by atoms with Gasteiger partial charge in [-0.3, -0.25) is 18.5 Å². The quantitative estimate of drug-likeness (QED) is 0.0487. The normalized spacial score (nSPS) is 12.6. The van der Waals surface area contributed by atoms with E-state index in [1.807, 2.05) is 0 Å². The van der Waals surface area contributed by atoms with Crippen LogP contribution in [0, 0.1) is 0 Å². The number of fused-ring (bicyclic) bond motifs is 2. The van der Waals surface area contributed by atoms with Crippen LogP contribution in [-0.2, 0) is 30.4 Å². The fourth-order valence-corrected chi connectivity index (χ4v) is 6.96. The molecule has 1 amide bonds. The van der Waals surface area contributed by atoms with Gasteiger partial charge in [-0.15, -0.1) is 15.3 Å². The molecule has 0 saturated heterocycles. The van der Waals surface area contributed by atoms with Crippen molar-refractivity contribution in [2.45, 2.75) is 14.7 Å². The second kappa shape index (κ2) is 13.8. The van der Waals surface area contributed by atoms with Gasteiger partial charge >= 0.3 is 0 Å². The molecule has 7 N–H and O–H groups in total. The maximum atomic E-state index is 12.5. The number of carbonyl (C=O) groups excluding carboxylic acids is 1. The molecule has 53 heavy (non-hydrogen) atoms. The number of nitrogens with zero attached hydrogens (tertiary/aromatic N) is 4. The summed E-state index contributed by atoms with van der Waals surface area (Å²) in [5, 5.41) is 29.9. The van der Waals surface area contributed by atoms with Crippen molar-refractivity contribution < 1.29 is 48.8 Å². The van der Waals surface area contributed by atoms with Crippen molar-refractivity contribution in [2.24, 2.45) is 20.5 Å². The zero-order valence-corrected chi connectivity index (χ0v) is 29.0. The number of benzene rings is 6. The first kappa shape index (κ1) is 36.6. The van der Waals surface area contributed by atoms with E-state index >= 15 is 0 Å². The number of nitrogens with one attached hydrogen (secondary N) is 1. The predicted molar refractivity (Wildman–Crippen MR) is 193 cm³/mol. The van der Waals surface area contributed by atoms with Crippen LogP contribution in [0.15, 0.2) is 138 Å². The van der Waals surface area contributed by atoms with E-state index in [4.69, 9.17) is 5.73 Å². The molecule has 17 nitrogen and oxygen atoms in total. The summed E-state index contributed by atoms with van der Waals surface area (Å²) in [4.78, 5) is 10.1. The number of phenolic OH excluding ortho intramolecular Hbond substituents is 1. The minimum Gasteiger partial charge on any atom is -0.505 e. The largest absolute Gasteiger partial charge is 0.505 e. The summed E-state index contributed by atoms with van der Waals surface area (Å²) in [6.45, 7) is 0. The highest BCUT2D eigenvalue weighted by Gasteiger charge is 2.25. The van der Waals surface area contributed by atoms with Gasteiger partial charge in [-0.1, -0.05) is 24.3 Å². The minimum atomic E-state index is -5.16. The Morgan fingerprint density at radius 2 is 1.21 bits per heavy atom. The molecule has 0 spiro atoms. The van der Waals surface area contributed by atoms with Gasteiger partial charge in [-0.05, 0) is 84.2 Å². The van der Waals surface area contributed by atoms with Gasteiger partial charge in [0, 0.05) is 27.4 Å². The van der Waals surface area contributed by atoms with E-state index in [1.165, 1.54) is 18.2 Å². The van der Waals surface area contributed by atoms with E-state index in [0.29, 0.717) is 16.9 Å². The van der Waals surface area contributed by atoms with Crippen LogP contribution in [0.5, 0.6) is 5.75 Å². The molecule has 6 aromatic carbocycles. The standard InChI is InChI=1S/C33H24N6O11S3/c34-26-17-24-19(14-29(26)52(45,46)47)15-30(53(48,49)50)31(32(24)40)39-38-28-13-12-27(23-11-10-22(16-25(23)28)51(42,43)44)37-36-21-8-6-20(7-9-21)35-33(41)18-4-2-1-3-5-18/h1-17,40H,34H2,(H,35,41)(H,42,43,44)(H,45,46,47)(H,48,49,50). The molecule has 0 atom stereocenters. The SMILES string of the molecule is Nc1cc2c(O)c(N=Nc3ccc(N=Nc4ccc(NC(=O)c5ccccc5)cc4)c4ccc(S(=O)(=O)O)cc34)c(S(=O)(=O)O)cc2cc1S(=O)(=O)O. The zero-order chi connectivity index (χ0) is 38.3. The minimum absolute atomic E-state index is 0.0232. The summed E-state index contributed by atoms with van der Waals surface area (Å²) < 4.78 is 101. The average molecular weight is 777 g/mol. The van der Waals surface area contributed by atoms with Gasteiger partial charge in [0.25, 0.3) is 36.3 Å². The molecule has 0 aliphatic carbocycles. The van der Waals surface area contributed by atoms with E-state index in [-0.39, 0.29) is 38.8 Å². The van der Waals surface area contributed by atoms with Crippen LogP contribution in [-0.4, -0.2) is 49.9 Å². The molecule has 0 radical (unpaired) electrons. The average Bonchev–Trinajstić information content (AvgIpc) is 3.10. The number of nitrogen functional groups attached to an aromatic ring is 1. The van der Waals surface area contributed by atoms with Crippen LogP contribution in [0.2, 0.25) is 0 Å². The molecule has 0 unspecified atom stereocenters. The number of nitrogens with two attached hydrogens (primary N) is 1. The van der Waals surface area contributed by atoms with E-state index in [2.05, 4.69) is 25.8 Å². The number of aromatic hydroxyl groups is 1. The summed E-state index contributed by atoms with van der Waals surface area (Å²) in [5.74, 6) is -1.21. The number of amides is 1. The first-order valence-electron chi connectivity index (χ1n) is 14.8. The number of anilines is 2. The second-order valence-corrected chi connectivity index (χ2v) is 15.4. The summed E-state index contributed by atoms with van der Waals surface area (Å²) in [6.07, 6.45) is 0. The lowest BCUT2D eigenvalue weighted by Gasteiger charge is -2.11. The number of phenols is 1. The lowest BCUT2D eigenvalue weighted by Crippen LogP contribution is -2.11. The van der Waals surface area contributed by atoms with Crippen LogP contribution in [0.4, 0.5) is 34.1 Å². The number of azo groups is 2. The number of rotatable bonds is 9. The predicted octanol–water partition coefficient (Wildman–Crippen LogP) is 7.10. The van der Waals surface area contributed by atoms with Crippen molar-refractivity contribution in [3.05, 3.63) is 109 Å². The van der Waals surface area contributed by atoms with Crippen LogP contribution >= 0.6 is 0 Å². The Morgan fingerprint density at radius 1 is 0.604 bits per heavy atom. The molecule has 0 aliphatic rings. The van der Waals surface area contributed by atoms with Gasteiger partial charge in [0.15, 0.2) is 5.75 Å². The van der Waals surface area contributed by atoms with Gasteiger partial charge in [-0.25, -0.2) is 0 Å². The molecule has 6 rings (SSSR count). The van der Waals surface area contributed by atoms with Gasteiger partial charge in [0.2, 0.25) is 0 Å². The Kier molecular flexibility index (Phi) is 9.51. The van der Waals surface area contributed by atoms with Crippen LogP contribution in [0.3, 0.4) is 0 Å². The van der Waals surface area contributed by atoms with Crippen LogP contribution in [0.1, 0.15) is 10.4 Å². The first-order valence-corrected chi connectivity index (χ1v) is 19.1. The van der Waals surface area contributed by atoms with Gasteiger partial charge in [-0.2, -0.15) is 30.4 Å². The molecule has 0 aliphatic heterocycles. The van der Waals surface area contributed by atoms with Crippen molar-refractivity contribution in [2.75, 3.05) is 11.1 Å². The van der Waals surface area contributed by atoms with Crippen molar-refractivity contribution in [1.82, 2.24) is 0 Å². The second-order valence-electron chi connectivity index (χ2n) is 11.2. The molecule has 0 saturated carbocycles. The molecule has 20 heteroatoms. The van der Waals surface area contributed by atoms with Gasteiger partial charge in [0.1, 0.15) is 15.5 Å². The zero-order valence-electron chi connectivity index (χ0n) is 26.6. The molecule has 0 bridgehead atoms. The molecule has 270 valence electrons. The lowest BCUT2D eigenvalue weighted by atomic mass is 10.1. The van der Waals surface area contributed by atoms with Crippen LogP contribution < -0.4 is 11.1 Å². The Morgan fingerprint density at radius 3 is 1.83 bits per heavy atom. The molecule has 0 fully saturated rings. The molecule has 0 aromatic heterocycles. The third-order valence-electron chi connectivity index (χ3n) is 7.67. The number of carbonyl (C=O) groups is 1. The Bertz CT molecular complexity index is 2870. The summed E-state index contributed by atoms with van der Waals surface area (Å²) in [5.41, 5.74) is 5.85. The fourth-order valence-electron chi connectivity index (χ4n) is 5.16. The Hall–Kier alpha value is -6.16. The highest BCUT2D eigenvalue weighted by Crippen LogP contribution is 2.44. The van der Waals surface area contributed by atoms with Crippen molar-refractivity contribution in [1.29, 1.82) is 0 Å². The monoisotopic (exact) mass is 776 g/mol. The van der Waals surface area contributed by atoms with Gasteiger partial charge in [0.05, 0.1) is 27.6 Å². The first-order chi connectivity index (χ1) is 24.9. The van der Waals surface area contributed by atoms with Crippen molar-refractivity contribution in [3.63, 3.8) is 0 Å². The highest BCUT2D eigenvalue weighted by molar-refractivity contribution is 7.86. The van der Waals surface area contributed by atoms with Gasteiger partial charge < -0.3 is 16.2 Å². The van der Waals surface area contributed by atoms with Crippen molar-refractivity contribution in [3.8, 4) is 5.75 Å². The third-order valence-corrected chi connectivity index (χ3v) is 10.3. The third kappa shape index (κ3) is 7.86. The molecule has 6 aromatic rings. The molecule has 0 heterocycles. The Labute approximate surface area is 300 Å². The fraction of sp³-hybridized carbons (Fsp3) is 0. The molecular formula is C33H24N6O11S3. The smallest absolute Gasteiger partial charge is 0.296 e. The number of hydrogen-bond donors (Lipinski definition) is 6. The topological polar surface area (TPSA) is 288 Å². The number of hydrogen-bond acceptors (Lipinski definition) is 13. The van der Waals surface area contributed by atoms with Crippen molar-refractivity contribution >= 4 is 91.9 Å². The highest BCUT2D eigenvalue weighted by atomic mass is 32.2. The van der Waals surface area contributed by atoms with Crippen LogP contribution in [0.25, 0.3) is 21.5 Å². The van der Waals surface area contributed by atoms with E-state index in [9.17, 15) is 48.8 Å². The van der Waals surface area contributed by atoms with E-state index in [1.54, 1.807) is 54.6 Å². The van der Waals surface area contributed by atoms with E-state index < -0.39 is 62.2 Å². The lowest BCUT2D eigenvalue weighted by molar-refractivity contribution is 0.102. The summed E-state index contributed by atoms with van der Waals surface area (Å²) in [6, 6.07) is 23.7. The molecular weight excluding hydrogens is 753 g/mol.